The van der Waals surface area contributed by atoms with Crippen molar-refractivity contribution in [2.75, 3.05) is 19.7 Å². The second-order valence-corrected chi connectivity index (χ2v) is 8.73. The summed E-state index contributed by atoms with van der Waals surface area (Å²) in [5.41, 5.74) is 4.74. The van der Waals surface area contributed by atoms with E-state index in [1.165, 1.54) is 22.2 Å². The minimum absolute atomic E-state index is 0.122. The van der Waals surface area contributed by atoms with Gasteiger partial charge in [0.05, 0.1) is 30.6 Å². The number of H-pyrrole nitrogens is 1. The third-order valence-corrected chi connectivity index (χ3v) is 7.09. The van der Waals surface area contributed by atoms with Crippen molar-refractivity contribution in [1.29, 1.82) is 0 Å². The van der Waals surface area contributed by atoms with Crippen molar-refractivity contribution in [2.24, 2.45) is 11.8 Å². The Morgan fingerprint density at radius 1 is 1.34 bits per heavy atom. The first-order valence-electron chi connectivity index (χ1n) is 11.0. The van der Waals surface area contributed by atoms with Crippen LogP contribution in [0.25, 0.3) is 10.9 Å². The first kappa shape index (κ1) is 18.7. The molecule has 4 atom stereocenters. The van der Waals surface area contributed by atoms with Crippen LogP contribution in [0.4, 0.5) is 0 Å². The molecule has 0 saturated carbocycles. The number of fused-ring (bicyclic) bond motifs is 6. The topological polar surface area (TPSA) is 54.6 Å². The van der Waals surface area contributed by atoms with Crippen LogP contribution in [0.2, 0.25) is 0 Å². The number of nitrogens with zero attached hydrogens (tertiary/aromatic N) is 1. The number of piperidine rings is 1. The van der Waals surface area contributed by atoms with E-state index in [0.717, 1.165) is 44.3 Å². The number of hydrogen-bond acceptors (Lipinski definition) is 4. The molecule has 5 heteroatoms. The maximum atomic E-state index is 12.8. The van der Waals surface area contributed by atoms with E-state index in [-0.39, 0.29) is 18.0 Å². The van der Waals surface area contributed by atoms with Crippen molar-refractivity contribution in [3.05, 3.63) is 47.4 Å². The fraction of sp³-hybridized carbons (Fsp3) is 0.542. The molecule has 4 heterocycles. The monoisotopic (exact) mass is 394 g/mol. The summed E-state index contributed by atoms with van der Waals surface area (Å²) in [6.45, 7) is 6.75. The van der Waals surface area contributed by atoms with Crippen LogP contribution in [-0.4, -0.2) is 41.7 Å². The van der Waals surface area contributed by atoms with Crippen LogP contribution in [0.5, 0.6) is 0 Å². The molecule has 0 spiro atoms. The molecule has 154 valence electrons. The largest absolute Gasteiger partial charge is 0.497 e. The predicted octanol–water partition coefficient (Wildman–Crippen LogP) is 4.35. The van der Waals surface area contributed by atoms with Crippen LogP contribution >= 0.6 is 0 Å². The van der Waals surface area contributed by atoms with Gasteiger partial charge >= 0.3 is 5.97 Å². The number of benzene rings is 1. The lowest BCUT2D eigenvalue weighted by Gasteiger charge is -2.49. The van der Waals surface area contributed by atoms with E-state index >= 15 is 0 Å². The van der Waals surface area contributed by atoms with Crippen LogP contribution < -0.4 is 0 Å². The van der Waals surface area contributed by atoms with Gasteiger partial charge in [-0.1, -0.05) is 31.5 Å². The Morgan fingerprint density at radius 3 is 3.07 bits per heavy atom. The molecule has 2 aromatic rings. The molecule has 5 nitrogen and oxygen atoms in total. The molecule has 1 aromatic carbocycles. The zero-order valence-corrected chi connectivity index (χ0v) is 17.3. The lowest BCUT2D eigenvalue weighted by molar-refractivity contribution is -0.142. The Balaban J connectivity index is 1.45. The number of aromatic nitrogens is 1. The highest BCUT2D eigenvalue weighted by atomic mass is 16.5. The molecule has 3 aliphatic heterocycles. The summed E-state index contributed by atoms with van der Waals surface area (Å²) in [6, 6.07) is 8.92. The van der Waals surface area contributed by atoms with Gasteiger partial charge in [-0.25, -0.2) is 4.79 Å². The molecule has 0 radical (unpaired) electrons. The Kier molecular flexibility index (Phi) is 4.86. The van der Waals surface area contributed by atoms with Gasteiger partial charge in [-0.15, -0.1) is 0 Å². The van der Waals surface area contributed by atoms with Crippen molar-refractivity contribution in [1.82, 2.24) is 9.88 Å². The normalized spacial score (nSPS) is 28.7. The molecule has 1 saturated heterocycles. The number of para-hydroxylation sites is 1. The molecule has 1 aromatic heterocycles. The van der Waals surface area contributed by atoms with Gasteiger partial charge in [0.2, 0.25) is 0 Å². The average Bonchev–Trinajstić information content (AvgIpc) is 3.12. The number of carbonyl (C=O) groups is 1. The highest BCUT2D eigenvalue weighted by molar-refractivity contribution is 5.89. The fourth-order valence-corrected chi connectivity index (χ4v) is 5.46. The molecule has 0 unspecified atom stereocenters. The highest BCUT2D eigenvalue weighted by Gasteiger charge is 2.47. The van der Waals surface area contributed by atoms with E-state index in [1.54, 1.807) is 6.26 Å². The van der Waals surface area contributed by atoms with E-state index in [9.17, 15) is 4.79 Å². The number of ether oxygens (including phenoxy) is 2. The average molecular weight is 395 g/mol. The number of rotatable bonds is 4. The summed E-state index contributed by atoms with van der Waals surface area (Å²) >= 11 is 0. The van der Waals surface area contributed by atoms with Gasteiger partial charge in [-0.05, 0) is 37.8 Å². The number of aromatic amines is 1. The number of carbonyl (C=O) groups excluding carboxylic acids is 1. The standard InChI is InChI=1S/C24H30N2O3/c1-3-4-11-28-24(27)20-14-29-15(2)19-13-26-10-9-17-16-7-5-6-8-21(16)25-23(17)22(26)12-18(19)20/h5-8,14-15,18-19,22,25H,3-4,9-13H2,1-2H3/t15-,18-,19+,22-/m0/s1. The van der Waals surface area contributed by atoms with E-state index in [1.807, 2.05) is 0 Å². The number of nitrogens with one attached hydrogen (secondary N) is 1. The molecule has 1 N–H and O–H groups in total. The van der Waals surface area contributed by atoms with Gasteiger partial charge < -0.3 is 14.5 Å². The van der Waals surface area contributed by atoms with E-state index in [4.69, 9.17) is 9.47 Å². The van der Waals surface area contributed by atoms with Gasteiger partial charge in [0.15, 0.2) is 0 Å². The molecule has 0 amide bonds. The molecule has 29 heavy (non-hydrogen) atoms. The van der Waals surface area contributed by atoms with Crippen molar-refractivity contribution >= 4 is 16.9 Å². The lowest BCUT2D eigenvalue weighted by Crippen LogP contribution is -2.51. The van der Waals surface area contributed by atoms with Crippen LogP contribution in [0.1, 0.15) is 50.4 Å². The second-order valence-electron chi connectivity index (χ2n) is 8.73. The summed E-state index contributed by atoms with van der Waals surface area (Å²) in [6.07, 6.45) is 5.74. The highest BCUT2D eigenvalue weighted by Crippen LogP contribution is 2.47. The van der Waals surface area contributed by atoms with E-state index < -0.39 is 0 Å². The quantitative estimate of drug-likeness (QED) is 0.619. The van der Waals surface area contributed by atoms with Crippen molar-refractivity contribution in [3.8, 4) is 0 Å². The Hall–Kier alpha value is -2.27. The van der Waals surface area contributed by atoms with Crippen molar-refractivity contribution in [2.45, 2.75) is 51.7 Å². The summed E-state index contributed by atoms with van der Waals surface area (Å²) in [7, 11) is 0. The zero-order valence-electron chi connectivity index (χ0n) is 17.3. The van der Waals surface area contributed by atoms with Crippen molar-refractivity contribution < 1.29 is 14.3 Å². The third kappa shape index (κ3) is 3.16. The molecule has 3 aliphatic rings. The SMILES string of the molecule is CCCCOC(=O)C1=CO[C@@H](C)[C@H]2CN3CCc4c([nH]c5ccccc45)[C@@H]3C[C@H]12. The molecule has 0 bridgehead atoms. The smallest absolute Gasteiger partial charge is 0.337 e. The zero-order chi connectivity index (χ0) is 20.0. The Bertz CT molecular complexity index is 947. The molecular weight excluding hydrogens is 364 g/mol. The van der Waals surface area contributed by atoms with Gasteiger partial charge in [-0.2, -0.15) is 0 Å². The van der Waals surface area contributed by atoms with Crippen LogP contribution in [0, 0.1) is 11.8 Å². The fourth-order valence-electron chi connectivity index (χ4n) is 5.46. The van der Waals surface area contributed by atoms with E-state index in [0.29, 0.717) is 18.6 Å². The van der Waals surface area contributed by atoms with Gasteiger partial charge in [0, 0.05) is 41.5 Å². The minimum atomic E-state index is -0.193. The molecular formula is C24H30N2O3. The van der Waals surface area contributed by atoms with Gasteiger partial charge in [0.1, 0.15) is 0 Å². The Labute approximate surface area is 172 Å². The predicted molar refractivity (Wildman–Crippen MR) is 112 cm³/mol. The summed E-state index contributed by atoms with van der Waals surface area (Å²) in [5, 5.41) is 1.35. The van der Waals surface area contributed by atoms with Crippen LogP contribution in [0.3, 0.4) is 0 Å². The van der Waals surface area contributed by atoms with Gasteiger partial charge in [0.25, 0.3) is 0 Å². The van der Waals surface area contributed by atoms with Gasteiger partial charge in [-0.3, -0.25) is 4.90 Å². The van der Waals surface area contributed by atoms with Crippen LogP contribution in [-0.2, 0) is 20.7 Å². The van der Waals surface area contributed by atoms with Crippen LogP contribution in [0.15, 0.2) is 36.1 Å². The second kappa shape index (κ2) is 7.52. The number of hydrogen-bond donors (Lipinski definition) is 1. The Morgan fingerprint density at radius 2 is 2.21 bits per heavy atom. The molecule has 1 fully saturated rings. The van der Waals surface area contributed by atoms with E-state index in [2.05, 4.69) is 48.0 Å². The first-order valence-corrected chi connectivity index (χ1v) is 11.0. The summed E-state index contributed by atoms with van der Waals surface area (Å²) in [4.78, 5) is 19.1. The lowest BCUT2D eigenvalue weighted by atomic mass is 9.72. The minimum Gasteiger partial charge on any atom is -0.497 e. The molecule has 5 rings (SSSR count). The summed E-state index contributed by atoms with van der Waals surface area (Å²) < 4.78 is 11.4. The maximum absolute atomic E-state index is 12.8. The first-order chi connectivity index (χ1) is 14.2. The number of esters is 1. The molecule has 0 aliphatic carbocycles. The maximum Gasteiger partial charge on any atom is 0.337 e. The third-order valence-electron chi connectivity index (χ3n) is 7.09. The number of unbranched alkanes of at least 4 members (excludes halogenated alkanes) is 1. The summed E-state index contributed by atoms with van der Waals surface area (Å²) in [5.74, 6) is 0.323. The van der Waals surface area contributed by atoms with Crippen molar-refractivity contribution in [3.63, 3.8) is 0 Å².